The van der Waals surface area contributed by atoms with Crippen molar-refractivity contribution in [2.24, 2.45) is 0 Å². The standard InChI is InChI=1S/C13H5Br2IN4S2/c1-4-2-5(14)10-12(19-21-17-10)8(4)9-7(16)3-6(15)11-13(9)20-22-18-11/h2-3H,1H3. The van der Waals surface area contributed by atoms with Crippen LogP contribution in [-0.4, -0.2) is 17.5 Å². The molecule has 4 nitrogen and oxygen atoms in total. The monoisotopic (exact) mass is 566 g/mol. The van der Waals surface area contributed by atoms with E-state index in [1.54, 1.807) is 0 Å². The third-order valence-corrected chi connectivity index (χ3v) is 6.50. The summed E-state index contributed by atoms with van der Waals surface area (Å²) in [5.41, 5.74) is 6.90. The van der Waals surface area contributed by atoms with Crippen molar-refractivity contribution in [3.63, 3.8) is 0 Å². The fraction of sp³-hybridized carbons (Fsp3) is 0.0769. The predicted molar refractivity (Wildman–Crippen MR) is 107 cm³/mol. The number of aromatic nitrogens is 4. The minimum absolute atomic E-state index is 0.888. The number of aryl methyl sites for hydroxylation is 1. The van der Waals surface area contributed by atoms with Crippen LogP contribution in [0.15, 0.2) is 21.1 Å². The van der Waals surface area contributed by atoms with Crippen molar-refractivity contribution in [3.8, 4) is 11.1 Å². The molecule has 0 saturated heterocycles. The number of rotatable bonds is 1. The van der Waals surface area contributed by atoms with Crippen molar-refractivity contribution in [2.45, 2.75) is 6.92 Å². The summed E-state index contributed by atoms with van der Waals surface area (Å²) in [5, 5.41) is 0. The molecule has 0 fully saturated rings. The minimum Gasteiger partial charge on any atom is -0.172 e. The van der Waals surface area contributed by atoms with Crippen molar-refractivity contribution in [1.82, 2.24) is 17.5 Å². The SMILES string of the molecule is Cc1cc(Br)c2nsnc2c1-c1c(I)cc(Br)c2nsnc12. The van der Waals surface area contributed by atoms with Crippen molar-refractivity contribution >= 4 is 100.0 Å². The quantitative estimate of drug-likeness (QED) is 0.273. The Kier molecular flexibility index (Phi) is 3.96. The van der Waals surface area contributed by atoms with Crippen LogP contribution < -0.4 is 0 Å². The van der Waals surface area contributed by atoms with Crippen LogP contribution in [-0.2, 0) is 0 Å². The molecule has 0 aliphatic heterocycles. The van der Waals surface area contributed by atoms with E-state index in [0.717, 1.165) is 51.3 Å². The van der Waals surface area contributed by atoms with Gasteiger partial charge < -0.3 is 0 Å². The Morgan fingerprint density at radius 2 is 1.32 bits per heavy atom. The van der Waals surface area contributed by atoms with Gasteiger partial charge in [-0.1, -0.05) is 0 Å². The lowest BCUT2D eigenvalue weighted by atomic mass is 9.98. The van der Waals surface area contributed by atoms with Gasteiger partial charge in [0.1, 0.15) is 22.1 Å². The molecule has 2 aromatic heterocycles. The number of hydrogen-bond acceptors (Lipinski definition) is 6. The molecule has 0 bridgehead atoms. The highest BCUT2D eigenvalue weighted by atomic mass is 127. The van der Waals surface area contributed by atoms with E-state index in [4.69, 9.17) is 0 Å². The van der Waals surface area contributed by atoms with Crippen LogP contribution >= 0.6 is 77.9 Å². The first-order valence-electron chi connectivity index (χ1n) is 6.10. The van der Waals surface area contributed by atoms with Crippen molar-refractivity contribution < 1.29 is 0 Å². The first kappa shape index (κ1) is 15.3. The Labute approximate surface area is 164 Å². The minimum atomic E-state index is 0.888. The second kappa shape index (κ2) is 5.69. The van der Waals surface area contributed by atoms with E-state index in [9.17, 15) is 0 Å². The van der Waals surface area contributed by atoms with Crippen LogP contribution in [0.3, 0.4) is 0 Å². The van der Waals surface area contributed by atoms with Gasteiger partial charge in [-0.2, -0.15) is 17.5 Å². The van der Waals surface area contributed by atoms with Gasteiger partial charge in [0.05, 0.1) is 23.5 Å². The highest BCUT2D eigenvalue weighted by molar-refractivity contribution is 14.1. The van der Waals surface area contributed by atoms with Crippen molar-refractivity contribution in [3.05, 3.63) is 30.2 Å². The van der Waals surface area contributed by atoms with Gasteiger partial charge in [-0.25, -0.2) is 0 Å². The third kappa shape index (κ3) is 2.24. The average molecular weight is 568 g/mol. The Hall–Kier alpha value is -0.230. The summed E-state index contributed by atoms with van der Waals surface area (Å²) in [5.74, 6) is 0. The van der Waals surface area contributed by atoms with E-state index in [-0.39, 0.29) is 0 Å². The number of benzene rings is 2. The maximum Gasteiger partial charge on any atom is 0.119 e. The zero-order valence-electron chi connectivity index (χ0n) is 10.9. The maximum absolute atomic E-state index is 4.51. The smallest absolute Gasteiger partial charge is 0.119 e. The molecule has 110 valence electrons. The average Bonchev–Trinajstić information content (AvgIpc) is 3.11. The Morgan fingerprint density at radius 3 is 1.95 bits per heavy atom. The van der Waals surface area contributed by atoms with Gasteiger partial charge >= 0.3 is 0 Å². The molecule has 2 aromatic carbocycles. The van der Waals surface area contributed by atoms with Crippen molar-refractivity contribution in [2.75, 3.05) is 0 Å². The normalized spacial score (nSPS) is 11.6. The molecule has 22 heavy (non-hydrogen) atoms. The molecule has 0 saturated carbocycles. The summed E-state index contributed by atoms with van der Waals surface area (Å²) in [6.45, 7) is 2.09. The van der Waals surface area contributed by atoms with Crippen LogP contribution in [0.2, 0.25) is 0 Å². The molecule has 4 rings (SSSR count). The van der Waals surface area contributed by atoms with E-state index in [1.807, 2.05) is 0 Å². The lowest BCUT2D eigenvalue weighted by molar-refractivity contribution is 1.44. The molecule has 0 aliphatic carbocycles. The number of halogens is 3. The highest BCUT2D eigenvalue weighted by Gasteiger charge is 2.21. The molecule has 0 aliphatic rings. The third-order valence-electron chi connectivity index (χ3n) is 3.38. The zero-order chi connectivity index (χ0) is 15.4. The molecular formula is C13H5Br2IN4S2. The lowest BCUT2D eigenvalue weighted by Crippen LogP contribution is -1.92. The maximum atomic E-state index is 4.51. The molecular weight excluding hydrogens is 563 g/mol. The van der Waals surface area contributed by atoms with E-state index >= 15 is 0 Å². The number of nitrogens with zero attached hydrogens (tertiary/aromatic N) is 4. The molecule has 0 radical (unpaired) electrons. The summed E-state index contributed by atoms with van der Waals surface area (Å²) in [7, 11) is 0. The van der Waals surface area contributed by atoms with Crippen LogP contribution in [0.25, 0.3) is 33.2 Å². The van der Waals surface area contributed by atoms with E-state index < -0.39 is 0 Å². The predicted octanol–water partition coefficient (Wildman–Crippen LogP) is 5.80. The van der Waals surface area contributed by atoms with Gasteiger partial charge in [-0.15, -0.1) is 0 Å². The van der Waals surface area contributed by atoms with E-state index in [2.05, 4.69) is 91.0 Å². The second-order valence-corrected chi connectivity index (χ2v) is 8.62. The van der Waals surface area contributed by atoms with Gasteiger partial charge in [-0.3, -0.25) is 0 Å². The summed E-state index contributed by atoms with van der Waals surface area (Å²) >= 11 is 11.9. The molecule has 0 spiro atoms. The Balaban J connectivity index is 2.21. The van der Waals surface area contributed by atoms with Gasteiger partial charge in [-0.05, 0) is 79.1 Å². The lowest BCUT2D eigenvalue weighted by Gasteiger charge is -2.11. The first-order chi connectivity index (χ1) is 10.6. The molecule has 0 amide bonds. The van der Waals surface area contributed by atoms with E-state index in [0.29, 0.717) is 0 Å². The summed E-state index contributed by atoms with van der Waals surface area (Å²) in [6.07, 6.45) is 0. The van der Waals surface area contributed by atoms with Gasteiger partial charge in [0.25, 0.3) is 0 Å². The molecule has 9 heteroatoms. The second-order valence-electron chi connectivity index (χ2n) is 4.69. The van der Waals surface area contributed by atoms with E-state index in [1.165, 1.54) is 23.5 Å². The fourth-order valence-electron chi connectivity index (χ4n) is 2.45. The summed E-state index contributed by atoms with van der Waals surface area (Å²) in [4.78, 5) is 0. The van der Waals surface area contributed by atoms with Crippen LogP contribution in [0.4, 0.5) is 0 Å². The van der Waals surface area contributed by atoms with Gasteiger partial charge in [0.2, 0.25) is 0 Å². The molecule has 4 aromatic rings. The topological polar surface area (TPSA) is 51.6 Å². The van der Waals surface area contributed by atoms with Gasteiger partial charge in [0, 0.05) is 23.6 Å². The highest BCUT2D eigenvalue weighted by Crippen LogP contribution is 2.42. The molecule has 0 N–H and O–H groups in total. The van der Waals surface area contributed by atoms with Crippen molar-refractivity contribution in [1.29, 1.82) is 0 Å². The first-order valence-corrected chi connectivity index (χ1v) is 10.2. The largest absolute Gasteiger partial charge is 0.172 e. The molecule has 2 heterocycles. The van der Waals surface area contributed by atoms with Crippen LogP contribution in [0.1, 0.15) is 5.56 Å². The summed E-state index contributed by atoms with van der Waals surface area (Å²) in [6, 6.07) is 4.16. The number of fused-ring (bicyclic) bond motifs is 2. The summed E-state index contributed by atoms with van der Waals surface area (Å²) < 4.78 is 20.9. The zero-order valence-corrected chi connectivity index (χ0v) is 17.9. The van der Waals surface area contributed by atoms with Gasteiger partial charge in [0.15, 0.2) is 0 Å². The van der Waals surface area contributed by atoms with Crippen LogP contribution in [0.5, 0.6) is 0 Å². The fourth-order valence-corrected chi connectivity index (χ4v) is 6.21. The molecule has 0 atom stereocenters. The van der Waals surface area contributed by atoms with Crippen LogP contribution in [0, 0.1) is 10.5 Å². The molecule has 0 unspecified atom stereocenters. The Bertz CT molecular complexity index is 960. The Morgan fingerprint density at radius 1 is 0.818 bits per heavy atom. The number of hydrogen-bond donors (Lipinski definition) is 0.